The molecule has 3 aliphatic rings. The Hall–Kier alpha value is -1.32. The van der Waals surface area contributed by atoms with Crippen LogP contribution in [0.1, 0.15) is 31.7 Å². The van der Waals surface area contributed by atoms with Gasteiger partial charge in [-0.2, -0.15) is 0 Å². The molecule has 31 heavy (non-hydrogen) atoms. The molecular weight excluding hydrogens is 437 g/mol. The molecule has 172 valence electrons. The van der Waals surface area contributed by atoms with Crippen molar-refractivity contribution in [3.05, 3.63) is 24.9 Å². The van der Waals surface area contributed by atoms with Crippen LogP contribution in [0.3, 0.4) is 0 Å². The lowest BCUT2D eigenvalue weighted by Gasteiger charge is -2.37. The van der Waals surface area contributed by atoms with E-state index in [1.165, 1.54) is 32.3 Å². The van der Waals surface area contributed by atoms with E-state index >= 15 is 0 Å². The third kappa shape index (κ3) is 5.73. The van der Waals surface area contributed by atoms with E-state index in [0.29, 0.717) is 5.92 Å². The first-order valence-electron chi connectivity index (χ1n) is 11.0. The Morgan fingerprint density at radius 3 is 2.55 bits per heavy atom. The van der Waals surface area contributed by atoms with E-state index < -0.39 is 0 Å². The van der Waals surface area contributed by atoms with E-state index in [4.69, 9.17) is 4.74 Å². The first kappa shape index (κ1) is 24.3. The van der Waals surface area contributed by atoms with Crippen molar-refractivity contribution in [2.45, 2.75) is 37.8 Å². The summed E-state index contributed by atoms with van der Waals surface area (Å²) in [7, 11) is 2.03. The van der Waals surface area contributed by atoms with Crippen LogP contribution in [0.4, 0.5) is 0 Å². The second-order valence-electron chi connectivity index (χ2n) is 8.95. The van der Waals surface area contributed by atoms with Gasteiger partial charge in [-0.25, -0.2) is 14.6 Å². The predicted molar refractivity (Wildman–Crippen MR) is 124 cm³/mol. The topological polar surface area (TPSA) is 81.0 Å². The lowest BCUT2D eigenvalue weighted by molar-refractivity contribution is -0.0375. The first-order valence-corrected chi connectivity index (χ1v) is 11.0. The number of rotatable bonds is 8. The highest BCUT2D eigenvalue weighted by atomic mass is 35.5. The van der Waals surface area contributed by atoms with Gasteiger partial charge in [-0.3, -0.25) is 0 Å². The summed E-state index contributed by atoms with van der Waals surface area (Å²) >= 11 is 0. The Balaban J connectivity index is 0.00000136. The molecule has 2 aliphatic carbocycles. The van der Waals surface area contributed by atoms with Crippen molar-refractivity contribution in [2.75, 3.05) is 39.8 Å². The molecule has 0 bridgehead atoms. The number of aromatic nitrogens is 5. The molecule has 2 saturated carbocycles. The number of halogens is 2. The summed E-state index contributed by atoms with van der Waals surface area (Å²) in [6.07, 6.45) is 12.3. The molecule has 4 atom stereocenters. The normalized spacial score (nSPS) is 27.9. The van der Waals surface area contributed by atoms with Crippen LogP contribution < -0.4 is 5.32 Å². The summed E-state index contributed by atoms with van der Waals surface area (Å²) in [6.45, 7) is 5.47. The third-order valence-electron chi connectivity index (χ3n) is 6.79. The highest BCUT2D eigenvalue weighted by molar-refractivity contribution is 5.85. The highest BCUT2D eigenvalue weighted by Gasteiger charge is 2.44. The van der Waals surface area contributed by atoms with Gasteiger partial charge in [-0.05, 0) is 50.5 Å². The molecule has 10 heteroatoms. The monoisotopic (exact) mass is 469 g/mol. The number of ether oxygens (including phenoxy) is 1. The molecule has 0 radical (unpaired) electrons. The number of likely N-dealkylation sites (N-methyl/N-ethyl adjacent to an activating group) is 1. The van der Waals surface area contributed by atoms with Crippen molar-refractivity contribution in [1.82, 2.24) is 35.2 Å². The van der Waals surface area contributed by atoms with Crippen molar-refractivity contribution in [1.29, 1.82) is 0 Å². The third-order valence-corrected chi connectivity index (χ3v) is 6.79. The van der Waals surface area contributed by atoms with Gasteiger partial charge in [0.1, 0.15) is 12.0 Å². The van der Waals surface area contributed by atoms with Gasteiger partial charge in [-0.1, -0.05) is 5.21 Å². The van der Waals surface area contributed by atoms with Crippen molar-refractivity contribution in [3.63, 3.8) is 0 Å². The minimum absolute atomic E-state index is 0. The average Bonchev–Trinajstić information content (AvgIpc) is 3.30. The molecule has 2 aromatic heterocycles. The predicted octanol–water partition coefficient (Wildman–Crippen LogP) is 2.48. The van der Waals surface area contributed by atoms with Crippen molar-refractivity contribution in [2.24, 2.45) is 17.8 Å². The molecule has 3 heterocycles. The molecule has 0 unspecified atom stereocenters. The van der Waals surface area contributed by atoms with Gasteiger partial charge < -0.3 is 15.0 Å². The fraction of sp³-hybridized carbons (Fsp3) is 0.714. The van der Waals surface area contributed by atoms with Gasteiger partial charge in [0.2, 0.25) is 0 Å². The van der Waals surface area contributed by atoms with Crippen LogP contribution in [0.15, 0.2) is 24.9 Å². The van der Waals surface area contributed by atoms with Crippen LogP contribution in [-0.4, -0.2) is 75.8 Å². The number of hydrogen-bond donors (Lipinski definition) is 1. The van der Waals surface area contributed by atoms with E-state index in [9.17, 15) is 0 Å². The quantitative estimate of drug-likeness (QED) is 0.635. The lowest BCUT2D eigenvalue weighted by Crippen LogP contribution is -2.38. The molecule has 3 fully saturated rings. The van der Waals surface area contributed by atoms with Crippen LogP contribution in [0.25, 0.3) is 11.3 Å². The summed E-state index contributed by atoms with van der Waals surface area (Å²) in [4.78, 5) is 10.8. The smallest absolute Gasteiger partial charge is 0.116 e. The SMILES string of the molecule is CNCCN1C[C@H]2C[C@@H](n3cc(-c4cncnc4)nn3)[C@H](OCC3CC3)C[C@H]2C1.Cl.Cl. The number of hydrogen-bond acceptors (Lipinski definition) is 7. The summed E-state index contributed by atoms with van der Waals surface area (Å²) in [5.41, 5.74) is 1.73. The van der Waals surface area contributed by atoms with Gasteiger partial charge in [0, 0.05) is 50.7 Å². The molecule has 1 aliphatic heterocycles. The largest absolute Gasteiger partial charge is 0.376 e. The van der Waals surface area contributed by atoms with E-state index in [1.807, 2.05) is 17.9 Å². The zero-order chi connectivity index (χ0) is 19.6. The maximum atomic E-state index is 6.47. The Bertz CT molecular complexity index is 804. The second-order valence-corrected chi connectivity index (χ2v) is 8.95. The van der Waals surface area contributed by atoms with E-state index in [2.05, 4.69) is 30.5 Å². The van der Waals surface area contributed by atoms with Gasteiger partial charge in [-0.15, -0.1) is 29.9 Å². The van der Waals surface area contributed by atoms with Gasteiger partial charge in [0.05, 0.1) is 18.3 Å². The summed E-state index contributed by atoms with van der Waals surface area (Å²) in [5, 5.41) is 12.2. The molecule has 1 saturated heterocycles. The summed E-state index contributed by atoms with van der Waals surface area (Å²) < 4.78 is 8.52. The van der Waals surface area contributed by atoms with Crippen molar-refractivity contribution in [3.8, 4) is 11.3 Å². The van der Waals surface area contributed by atoms with Gasteiger partial charge in [0.25, 0.3) is 0 Å². The van der Waals surface area contributed by atoms with Crippen LogP contribution in [-0.2, 0) is 4.74 Å². The summed E-state index contributed by atoms with van der Waals surface area (Å²) in [6, 6.07) is 0.255. The average molecular weight is 470 g/mol. The van der Waals surface area contributed by atoms with Crippen LogP contribution >= 0.6 is 24.8 Å². The Labute approximate surface area is 196 Å². The summed E-state index contributed by atoms with van der Waals surface area (Å²) in [5.74, 6) is 2.22. The lowest BCUT2D eigenvalue weighted by atomic mass is 9.77. The van der Waals surface area contributed by atoms with Crippen LogP contribution in [0.5, 0.6) is 0 Å². The molecule has 8 nitrogen and oxygen atoms in total. The maximum absolute atomic E-state index is 6.47. The Morgan fingerprint density at radius 2 is 1.84 bits per heavy atom. The Morgan fingerprint density at radius 1 is 1.10 bits per heavy atom. The molecule has 2 aromatic rings. The zero-order valence-electron chi connectivity index (χ0n) is 18.0. The van der Waals surface area contributed by atoms with E-state index in [0.717, 1.165) is 55.6 Å². The first-order chi connectivity index (χ1) is 14.3. The van der Waals surface area contributed by atoms with Crippen molar-refractivity contribution < 1.29 is 4.74 Å². The number of likely N-dealkylation sites (tertiary alicyclic amines) is 1. The van der Waals surface area contributed by atoms with E-state index in [-0.39, 0.29) is 37.0 Å². The molecule has 0 amide bonds. The fourth-order valence-corrected chi connectivity index (χ4v) is 4.94. The minimum atomic E-state index is 0. The van der Waals surface area contributed by atoms with Gasteiger partial charge in [0.15, 0.2) is 0 Å². The van der Waals surface area contributed by atoms with E-state index in [1.54, 1.807) is 12.4 Å². The second kappa shape index (κ2) is 11.0. The maximum Gasteiger partial charge on any atom is 0.116 e. The fourth-order valence-electron chi connectivity index (χ4n) is 4.94. The standard InChI is InChI=1S/C21H31N7O.2ClH/c1-22-4-5-27-10-16-6-20(21(7-17(16)11-27)29-13-15-2-3-15)28-12-19(25-26-28)18-8-23-14-24-9-18;;/h8-9,12,14-17,20-22H,2-7,10-11,13H2,1H3;2*1H/t16-,17+,20-,21-;;/m1../s1. The molecule has 5 rings (SSSR count). The number of fused-ring (bicyclic) bond motifs is 1. The number of nitrogens with zero attached hydrogens (tertiary/aromatic N) is 6. The van der Waals surface area contributed by atoms with Gasteiger partial charge >= 0.3 is 0 Å². The zero-order valence-corrected chi connectivity index (χ0v) is 19.6. The minimum Gasteiger partial charge on any atom is -0.376 e. The molecule has 0 spiro atoms. The highest BCUT2D eigenvalue weighted by Crippen LogP contribution is 2.43. The molecule has 0 aromatic carbocycles. The van der Waals surface area contributed by atoms with Crippen LogP contribution in [0.2, 0.25) is 0 Å². The Kier molecular flexibility index (Phi) is 8.64. The van der Waals surface area contributed by atoms with Crippen LogP contribution in [0, 0.1) is 17.8 Å². The van der Waals surface area contributed by atoms with Crippen molar-refractivity contribution >= 4 is 24.8 Å². The molecular formula is C21H33Cl2N7O. The molecule has 1 N–H and O–H groups in total. The number of nitrogens with one attached hydrogen (secondary N) is 1.